The van der Waals surface area contributed by atoms with Gasteiger partial charge < -0.3 is 15.5 Å². The predicted molar refractivity (Wildman–Crippen MR) is 103 cm³/mol. The Labute approximate surface area is 157 Å². The Bertz CT molecular complexity index is 952. The van der Waals surface area contributed by atoms with Crippen molar-refractivity contribution < 1.29 is 9.21 Å². The molecule has 3 heterocycles. The first-order valence-electron chi connectivity index (χ1n) is 9.48. The maximum Gasteiger partial charge on any atom is 0.252 e. The van der Waals surface area contributed by atoms with Gasteiger partial charge in [-0.25, -0.2) is 9.67 Å². The van der Waals surface area contributed by atoms with Crippen molar-refractivity contribution in [2.45, 2.75) is 51.1 Å². The molecular weight excluding hydrogens is 342 g/mol. The molecule has 1 aliphatic carbocycles. The second-order valence-electron chi connectivity index (χ2n) is 7.60. The van der Waals surface area contributed by atoms with Crippen LogP contribution in [0.2, 0.25) is 0 Å². The summed E-state index contributed by atoms with van der Waals surface area (Å²) in [6.45, 7) is 4.52. The topological polar surface area (TPSA) is 99.0 Å². The quantitative estimate of drug-likeness (QED) is 0.721. The highest BCUT2D eigenvalue weighted by molar-refractivity contribution is 6.06. The molecule has 7 nitrogen and oxygen atoms in total. The maximum absolute atomic E-state index is 13.2. The fourth-order valence-electron chi connectivity index (χ4n) is 3.87. The summed E-state index contributed by atoms with van der Waals surface area (Å²) < 4.78 is 7.34. The number of fused-ring (bicyclic) bond motifs is 1. The number of nitrogens with two attached hydrogens (primary N) is 1. The van der Waals surface area contributed by atoms with Gasteiger partial charge in [-0.2, -0.15) is 5.10 Å². The molecule has 0 spiro atoms. The number of furan rings is 1. The van der Waals surface area contributed by atoms with Crippen LogP contribution in [0.1, 0.15) is 55.9 Å². The van der Waals surface area contributed by atoms with E-state index in [2.05, 4.69) is 10.4 Å². The van der Waals surface area contributed by atoms with Crippen LogP contribution < -0.4 is 11.1 Å². The summed E-state index contributed by atoms with van der Waals surface area (Å²) in [5.74, 6) is 0.489. The van der Waals surface area contributed by atoms with E-state index in [0.29, 0.717) is 29.2 Å². The van der Waals surface area contributed by atoms with E-state index in [0.717, 1.165) is 31.1 Å². The number of carbonyl (C=O) groups excluding carboxylic acids is 1. The Morgan fingerprint density at radius 2 is 2.19 bits per heavy atom. The third-order valence-corrected chi connectivity index (χ3v) is 5.40. The number of amides is 1. The number of pyridine rings is 1. The molecule has 0 radical (unpaired) electrons. The Morgan fingerprint density at radius 3 is 2.81 bits per heavy atom. The lowest BCUT2D eigenvalue weighted by molar-refractivity contribution is 0.0905. The van der Waals surface area contributed by atoms with Crippen LogP contribution in [0.25, 0.3) is 22.5 Å². The third kappa shape index (κ3) is 3.12. The van der Waals surface area contributed by atoms with Crippen LogP contribution in [-0.2, 0) is 0 Å². The van der Waals surface area contributed by atoms with E-state index < -0.39 is 0 Å². The van der Waals surface area contributed by atoms with Crippen LogP contribution in [0.5, 0.6) is 0 Å². The summed E-state index contributed by atoms with van der Waals surface area (Å²) in [7, 11) is 0. The summed E-state index contributed by atoms with van der Waals surface area (Å²) in [5.41, 5.74) is 7.54. The number of hydrogen-bond donors (Lipinski definition) is 2. The van der Waals surface area contributed by atoms with Crippen molar-refractivity contribution in [3.63, 3.8) is 0 Å². The molecule has 3 aromatic rings. The molecule has 3 aromatic heterocycles. The number of rotatable bonds is 5. The smallest absolute Gasteiger partial charge is 0.252 e. The highest BCUT2D eigenvalue weighted by atomic mass is 16.3. The number of carbonyl (C=O) groups is 1. The van der Waals surface area contributed by atoms with Gasteiger partial charge in [-0.3, -0.25) is 4.79 Å². The first kappa shape index (κ1) is 17.7. The van der Waals surface area contributed by atoms with E-state index in [1.165, 1.54) is 0 Å². The van der Waals surface area contributed by atoms with Gasteiger partial charge in [0.05, 0.1) is 28.9 Å². The zero-order valence-corrected chi connectivity index (χ0v) is 15.7. The molecule has 3 N–H and O–H groups in total. The van der Waals surface area contributed by atoms with Gasteiger partial charge >= 0.3 is 0 Å². The van der Waals surface area contributed by atoms with Crippen molar-refractivity contribution in [1.29, 1.82) is 0 Å². The molecule has 0 bridgehead atoms. The van der Waals surface area contributed by atoms with E-state index in [1.54, 1.807) is 18.5 Å². The fourth-order valence-corrected chi connectivity index (χ4v) is 3.87. The maximum atomic E-state index is 13.2. The van der Waals surface area contributed by atoms with Gasteiger partial charge in [0.15, 0.2) is 11.4 Å². The van der Waals surface area contributed by atoms with Crippen molar-refractivity contribution in [2.24, 2.45) is 5.73 Å². The fraction of sp³-hybridized carbons (Fsp3) is 0.450. The van der Waals surface area contributed by atoms with Gasteiger partial charge in [0.1, 0.15) is 5.69 Å². The van der Waals surface area contributed by atoms with Crippen molar-refractivity contribution in [3.05, 3.63) is 36.2 Å². The molecule has 1 amide bonds. The molecule has 0 aliphatic heterocycles. The van der Waals surface area contributed by atoms with Gasteiger partial charge in [-0.05, 0) is 44.9 Å². The molecule has 4 rings (SSSR count). The molecule has 0 aromatic carbocycles. The lowest BCUT2D eigenvalue weighted by Gasteiger charge is -2.28. The van der Waals surface area contributed by atoms with E-state index in [9.17, 15) is 4.79 Å². The molecule has 1 saturated carbocycles. The standard InChI is InChI=1S/C20H25N5O2/c1-13(2)25-18-15(11-22-25)14(10-16(23-18)17-6-5-9-27-17)19(26)24-20(12-21)7-3-4-8-20/h5-6,9-11,13H,3-4,7-8,12,21H2,1-2H3,(H,24,26). The summed E-state index contributed by atoms with van der Waals surface area (Å²) in [5, 5.41) is 8.39. The van der Waals surface area contributed by atoms with Gasteiger partial charge in [-0.15, -0.1) is 0 Å². The largest absolute Gasteiger partial charge is 0.463 e. The minimum absolute atomic E-state index is 0.128. The summed E-state index contributed by atoms with van der Waals surface area (Å²) >= 11 is 0. The lowest BCUT2D eigenvalue weighted by atomic mass is 9.97. The Kier molecular flexibility index (Phi) is 4.47. The third-order valence-electron chi connectivity index (χ3n) is 5.40. The van der Waals surface area contributed by atoms with Crippen molar-refractivity contribution in [1.82, 2.24) is 20.1 Å². The first-order valence-corrected chi connectivity index (χ1v) is 9.48. The summed E-state index contributed by atoms with van der Waals surface area (Å²) in [4.78, 5) is 17.9. The molecule has 0 saturated heterocycles. The van der Waals surface area contributed by atoms with Crippen LogP contribution in [0.4, 0.5) is 0 Å². The lowest BCUT2D eigenvalue weighted by Crippen LogP contribution is -2.51. The SMILES string of the molecule is CC(C)n1ncc2c(C(=O)NC3(CN)CCCC3)cc(-c3ccco3)nc21. The molecule has 0 unspecified atom stereocenters. The highest BCUT2D eigenvalue weighted by Gasteiger charge is 2.34. The zero-order chi connectivity index (χ0) is 19.0. The van der Waals surface area contributed by atoms with Crippen LogP contribution in [0.3, 0.4) is 0 Å². The van der Waals surface area contributed by atoms with Crippen LogP contribution in [0.15, 0.2) is 35.1 Å². The van der Waals surface area contributed by atoms with E-state index in [-0.39, 0.29) is 17.5 Å². The number of nitrogens with zero attached hydrogens (tertiary/aromatic N) is 3. The Morgan fingerprint density at radius 1 is 1.41 bits per heavy atom. The normalized spacial score (nSPS) is 16.3. The van der Waals surface area contributed by atoms with Crippen molar-refractivity contribution in [3.8, 4) is 11.5 Å². The van der Waals surface area contributed by atoms with Crippen LogP contribution in [0, 0.1) is 0 Å². The summed E-state index contributed by atoms with van der Waals surface area (Å²) in [6.07, 6.45) is 7.33. The van der Waals surface area contributed by atoms with Crippen LogP contribution >= 0.6 is 0 Å². The summed E-state index contributed by atoms with van der Waals surface area (Å²) in [6, 6.07) is 5.55. The Balaban J connectivity index is 1.82. The minimum Gasteiger partial charge on any atom is -0.463 e. The van der Waals surface area contributed by atoms with Gasteiger partial charge in [-0.1, -0.05) is 12.8 Å². The molecule has 7 heteroatoms. The first-order chi connectivity index (χ1) is 13.0. The van der Waals surface area contributed by atoms with E-state index in [4.69, 9.17) is 15.1 Å². The average Bonchev–Trinajstić information content (AvgIpc) is 3.40. The van der Waals surface area contributed by atoms with Crippen LogP contribution in [-0.4, -0.2) is 32.8 Å². The molecule has 27 heavy (non-hydrogen) atoms. The predicted octanol–water partition coefficient (Wildman–Crippen LogP) is 3.27. The molecular formula is C20H25N5O2. The average molecular weight is 367 g/mol. The molecule has 1 fully saturated rings. The molecule has 142 valence electrons. The number of nitrogens with one attached hydrogen (secondary N) is 1. The zero-order valence-electron chi connectivity index (χ0n) is 15.7. The van der Waals surface area contributed by atoms with Crippen molar-refractivity contribution in [2.75, 3.05) is 6.54 Å². The Hall–Kier alpha value is -2.67. The van der Waals surface area contributed by atoms with E-state index in [1.807, 2.05) is 30.7 Å². The molecule has 1 aliphatic rings. The molecule has 0 atom stereocenters. The second-order valence-corrected chi connectivity index (χ2v) is 7.60. The highest BCUT2D eigenvalue weighted by Crippen LogP contribution is 2.31. The number of aromatic nitrogens is 3. The van der Waals surface area contributed by atoms with Crippen molar-refractivity contribution >= 4 is 16.9 Å². The van der Waals surface area contributed by atoms with Gasteiger partial charge in [0.2, 0.25) is 0 Å². The minimum atomic E-state index is -0.314. The monoisotopic (exact) mass is 367 g/mol. The van der Waals surface area contributed by atoms with E-state index >= 15 is 0 Å². The second kappa shape index (κ2) is 6.81. The van der Waals surface area contributed by atoms with Gasteiger partial charge in [0.25, 0.3) is 5.91 Å². The number of hydrogen-bond acceptors (Lipinski definition) is 5. The van der Waals surface area contributed by atoms with Gasteiger partial charge in [0, 0.05) is 12.6 Å².